The number of hydrogen-bond donors (Lipinski definition) is 0. The van der Waals surface area contributed by atoms with Crippen LogP contribution in [0.1, 0.15) is 46.5 Å². The first-order valence-electron chi connectivity index (χ1n) is 8.90. The highest BCUT2D eigenvalue weighted by atomic mass is 17.3. The van der Waals surface area contributed by atoms with Gasteiger partial charge in [-0.15, -0.1) is 0 Å². The Morgan fingerprint density at radius 1 is 1.09 bits per heavy atom. The molecule has 0 N–H and O–H groups in total. The molecule has 1 aliphatic carbocycles. The van der Waals surface area contributed by atoms with E-state index in [9.17, 15) is 0 Å². The first kappa shape index (κ1) is 14.8. The highest BCUT2D eigenvalue weighted by Gasteiger charge is 2.74. The summed E-state index contributed by atoms with van der Waals surface area (Å²) in [6, 6.07) is 0. The van der Waals surface area contributed by atoms with Crippen molar-refractivity contribution in [3.63, 3.8) is 0 Å². The van der Waals surface area contributed by atoms with Crippen molar-refractivity contribution in [1.29, 1.82) is 0 Å². The van der Waals surface area contributed by atoms with Crippen LogP contribution in [0, 0.1) is 23.2 Å². The van der Waals surface area contributed by atoms with E-state index < -0.39 is 17.7 Å². The lowest BCUT2D eigenvalue weighted by atomic mass is 9.52. The Morgan fingerprint density at radius 3 is 2.74 bits per heavy atom. The minimum atomic E-state index is -0.721. The van der Waals surface area contributed by atoms with Gasteiger partial charge in [-0.05, 0) is 43.6 Å². The molecule has 1 saturated carbocycles. The fraction of sp³-hybridized carbons (Fsp3) is 0.889. The average molecular weight is 322 g/mol. The molecule has 8 atom stereocenters. The van der Waals surface area contributed by atoms with Crippen molar-refractivity contribution < 1.29 is 24.0 Å². The summed E-state index contributed by atoms with van der Waals surface area (Å²) in [5, 5.41) is 0. The zero-order valence-corrected chi connectivity index (χ0v) is 14.2. The van der Waals surface area contributed by atoms with Crippen LogP contribution in [0.25, 0.3) is 0 Å². The largest absolute Gasteiger partial charge is 0.347 e. The zero-order valence-electron chi connectivity index (χ0n) is 14.2. The molecular weight excluding hydrogens is 296 g/mol. The van der Waals surface area contributed by atoms with Gasteiger partial charge in [-0.25, -0.2) is 9.78 Å². The van der Waals surface area contributed by atoms with Crippen molar-refractivity contribution in [3.8, 4) is 0 Å². The molecule has 6 aliphatic rings. The Bertz CT molecular complexity index is 564. The van der Waals surface area contributed by atoms with Gasteiger partial charge in [-0.3, -0.25) is 0 Å². The molecule has 0 unspecified atom stereocenters. The van der Waals surface area contributed by atoms with Crippen LogP contribution in [0.15, 0.2) is 12.2 Å². The third-order valence-corrected chi connectivity index (χ3v) is 7.35. The summed E-state index contributed by atoms with van der Waals surface area (Å²) in [6.07, 6.45) is 3.42. The third kappa shape index (κ3) is 1.61. The van der Waals surface area contributed by atoms with Crippen molar-refractivity contribution in [2.24, 2.45) is 23.2 Å². The molecule has 0 aromatic carbocycles. The topological polar surface area (TPSA) is 46.2 Å². The van der Waals surface area contributed by atoms with Gasteiger partial charge < -0.3 is 14.2 Å². The van der Waals surface area contributed by atoms with Gasteiger partial charge in [0, 0.05) is 17.8 Å². The smallest absolute Gasteiger partial charge is 0.201 e. The second kappa shape index (κ2) is 4.38. The van der Waals surface area contributed by atoms with Crippen LogP contribution in [-0.2, 0) is 24.0 Å². The third-order valence-electron chi connectivity index (χ3n) is 7.35. The quantitative estimate of drug-likeness (QED) is 0.506. The van der Waals surface area contributed by atoms with Crippen molar-refractivity contribution in [2.75, 3.05) is 6.61 Å². The van der Waals surface area contributed by atoms with Crippen LogP contribution in [-0.4, -0.2) is 30.6 Å². The Balaban J connectivity index is 1.68. The number of hydrogen-bond acceptors (Lipinski definition) is 5. The van der Waals surface area contributed by atoms with Crippen LogP contribution in [0.5, 0.6) is 0 Å². The molecule has 5 heterocycles. The lowest BCUT2D eigenvalue weighted by molar-refractivity contribution is -0.579. The van der Waals surface area contributed by atoms with E-state index in [1.807, 2.05) is 6.92 Å². The van der Waals surface area contributed by atoms with Crippen molar-refractivity contribution in [2.45, 2.75) is 70.4 Å². The number of ether oxygens (including phenoxy) is 3. The molecule has 5 aliphatic heterocycles. The van der Waals surface area contributed by atoms with E-state index in [1.165, 1.54) is 6.42 Å². The lowest BCUT2D eigenvalue weighted by Crippen LogP contribution is -2.72. The fourth-order valence-corrected chi connectivity index (χ4v) is 5.86. The van der Waals surface area contributed by atoms with E-state index in [1.54, 1.807) is 0 Å². The standard InChI is InChI=1S/C18H26O5/c1-10-5-6-13-17(4)11(2)9-19-14(17)20-15-18(13)12(10)7-8-16(3,21-15)22-23-18/h10,12-15H,2,5-9H2,1,3-4H3/t10-,12+,13+,14-,15-,16-,17+,18-/m1/s1. The van der Waals surface area contributed by atoms with Gasteiger partial charge in [0.25, 0.3) is 0 Å². The van der Waals surface area contributed by atoms with Crippen molar-refractivity contribution >= 4 is 0 Å². The van der Waals surface area contributed by atoms with Gasteiger partial charge in [0.05, 0.1) is 6.61 Å². The highest BCUT2D eigenvalue weighted by molar-refractivity contribution is 5.25. The fourth-order valence-electron chi connectivity index (χ4n) is 5.86. The summed E-state index contributed by atoms with van der Waals surface area (Å²) in [5.41, 5.74) is 0.324. The Kier molecular flexibility index (Phi) is 2.83. The molecule has 5 saturated heterocycles. The van der Waals surface area contributed by atoms with E-state index in [-0.39, 0.29) is 17.6 Å². The summed E-state index contributed by atoms with van der Waals surface area (Å²) in [6.45, 7) is 11.3. The molecule has 0 aromatic rings. The molecule has 1 spiro atoms. The van der Waals surface area contributed by atoms with E-state index in [0.29, 0.717) is 18.4 Å². The summed E-state index contributed by atoms with van der Waals surface area (Å²) in [7, 11) is 0. The molecule has 23 heavy (non-hydrogen) atoms. The molecule has 128 valence electrons. The number of rotatable bonds is 0. The molecule has 2 bridgehead atoms. The van der Waals surface area contributed by atoms with Crippen LogP contribution >= 0.6 is 0 Å². The average Bonchev–Trinajstić information content (AvgIpc) is 2.67. The van der Waals surface area contributed by atoms with Crippen molar-refractivity contribution in [1.82, 2.24) is 0 Å². The van der Waals surface area contributed by atoms with Gasteiger partial charge in [-0.2, -0.15) is 0 Å². The first-order valence-corrected chi connectivity index (χ1v) is 8.90. The van der Waals surface area contributed by atoms with Crippen LogP contribution < -0.4 is 0 Å². The molecule has 0 amide bonds. The van der Waals surface area contributed by atoms with E-state index in [2.05, 4.69) is 20.4 Å². The Hall–Kier alpha value is -0.460. The van der Waals surface area contributed by atoms with Gasteiger partial charge >= 0.3 is 0 Å². The summed E-state index contributed by atoms with van der Waals surface area (Å²) in [4.78, 5) is 12.0. The molecule has 0 radical (unpaired) electrons. The minimum absolute atomic E-state index is 0.236. The second-order valence-corrected chi connectivity index (χ2v) is 8.52. The minimum Gasteiger partial charge on any atom is -0.347 e. The number of fused-ring (bicyclic) bond motifs is 4. The molecule has 5 heteroatoms. The van der Waals surface area contributed by atoms with Crippen LogP contribution in [0.4, 0.5) is 0 Å². The maximum absolute atomic E-state index is 6.33. The van der Waals surface area contributed by atoms with Gasteiger partial charge in [0.2, 0.25) is 5.79 Å². The van der Waals surface area contributed by atoms with Crippen LogP contribution in [0.3, 0.4) is 0 Å². The Morgan fingerprint density at radius 2 is 1.91 bits per heavy atom. The lowest BCUT2D eigenvalue weighted by Gasteiger charge is -2.62. The maximum atomic E-state index is 6.33. The van der Waals surface area contributed by atoms with E-state index in [4.69, 9.17) is 24.0 Å². The molecule has 5 nitrogen and oxygen atoms in total. The molecule has 0 aromatic heterocycles. The monoisotopic (exact) mass is 322 g/mol. The predicted octanol–water partition coefficient (Wildman–Crippen LogP) is 3.15. The summed E-state index contributed by atoms with van der Waals surface area (Å²) in [5.74, 6) is 0.473. The molecule has 6 fully saturated rings. The Labute approximate surface area is 137 Å². The normalized spacial score (nSPS) is 61.0. The second-order valence-electron chi connectivity index (χ2n) is 8.52. The zero-order chi connectivity index (χ0) is 16.0. The molecule has 6 rings (SSSR count). The predicted molar refractivity (Wildman–Crippen MR) is 80.9 cm³/mol. The molecular formula is C18H26O5. The van der Waals surface area contributed by atoms with Crippen LogP contribution in [0.2, 0.25) is 0 Å². The van der Waals surface area contributed by atoms with Crippen molar-refractivity contribution in [3.05, 3.63) is 12.2 Å². The van der Waals surface area contributed by atoms with E-state index >= 15 is 0 Å². The SMILES string of the molecule is C=C1CO[C@@H]2O[C@@H]3O[C@@]4(C)CC[C@H]5[C@H](C)CC[C@@H]([C@]12C)[C@@]35OO4. The summed E-state index contributed by atoms with van der Waals surface area (Å²) >= 11 is 0. The van der Waals surface area contributed by atoms with E-state index in [0.717, 1.165) is 24.8 Å². The summed E-state index contributed by atoms with van der Waals surface area (Å²) < 4.78 is 18.5. The first-order chi connectivity index (χ1) is 10.9. The van der Waals surface area contributed by atoms with Gasteiger partial charge in [-0.1, -0.05) is 20.4 Å². The maximum Gasteiger partial charge on any atom is 0.201 e. The highest BCUT2D eigenvalue weighted by Crippen LogP contribution is 2.66. The van der Waals surface area contributed by atoms with Gasteiger partial charge in [0.1, 0.15) is 0 Å². The van der Waals surface area contributed by atoms with Gasteiger partial charge in [0.15, 0.2) is 18.2 Å².